The summed E-state index contributed by atoms with van der Waals surface area (Å²) in [4.78, 5) is 11.6. The molecule has 0 aromatic carbocycles. The fourth-order valence-corrected chi connectivity index (χ4v) is 2.00. The van der Waals surface area contributed by atoms with Crippen LogP contribution in [0.1, 0.15) is 25.7 Å². The molecule has 6 heteroatoms. The summed E-state index contributed by atoms with van der Waals surface area (Å²) >= 11 is 0. The van der Waals surface area contributed by atoms with Crippen LogP contribution in [0.5, 0.6) is 0 Å². The molecule has 0 radical (unpaired) electrons. The van der Waals surface area contributed by atoms with Gasteiger partial charge in [-0.3, -0.25) is 9.48 Å². The number of hydrogen-bond donors (Lipinski definition) is 2. The van der Waals surface area contributed by atoms with Crippen molar-refractivity contribution in [1.82, 2.24) is 15.1 Å². The Morgan fingerprint density at radius 2 is 2.53 bits per heavy atom. The summed E-state index contributed by atoms with van der Waals surface area (Å²) in [6, 6.07) is 2.32. The van der Waals surface area contributed by atoms with E-state index >= 15 is 0 Å². The predicted octanol–water partition coefficient (Wildman–Crippen LogP) is 1.31. The van der Waals surface area contributed by atoms with Crippen LogP contribution in [0.4, 0.5) is 5.82 Å². The Labute approximate surface area is 107 Å². The van der Waals surface area contributed by atoms with Gasteiger partial charge in [-0.2, -0.15) is 5.10 Å². The summed E-state index contributed by atoms with van der Waals surface area (Å²) in [5, 5.41) is 10.3. The van der Waals surface area contributed by atoms with Crippen molar-refractivity contribution in [3.8, 4) is 0 Å². The first-order valence-electron chi connectivity index (χ1n) is 5.77. The molecule has 1 fully saturated rings. The van der Waals surface area contributed by atoms with Crippen LogP contribution in [0.2, 0.25) is 0 Å². The number of aryl methyl sites for hydroxylation is 1. The van der Waals surface area contributed by atoms with Crippen molar-refractivity contribution in [3.05, 3.63) is 12.3 Å². The number of nitrogens with zero attached hydrogens (tertiary/aromatic N) is 2. The van der Waals surface area contributed by atoms with Gasteiger partial charge in [0.05, 0.1) is 0 Å². The minimum absolute atomic E-state index is 0. The number of rotatable bonds is 4. The molecule has 1 saturated heterocycles. The second kappa shape index (κ2) is 6.61. The normalized spacial score (nSPS) is 18.8. The highest BCUT2D eigenvalue weighted by Gasteiger charge is 2.15. The molecule has 1 aliphatic heterocycles. The first kappa shape index (κ1) is 14.0. The molecule has 0 bridgehead atoms. The molecule has 2 rings (SSSR count). The van der Waals surface area contributed by atoms with Crippen LogP contribution >= 0.6 is 12.4 Å². The van der Waals surface area contributed by atoms with Crippen LogP contribution in [0, 0.1) is 0 Å². The Hall–Kier alpha value is -1.07. The van der Waals surface area contributed by atoms with Crippen molar-refractivity contribution < 1.29 is 4.79 Å². The fraction of sp³-hybridized carbons (Fsp3) is 0.636. The average molecular weight is 259 g/mol. The lowest BCUT2D eigenvalue weighted by atomic mass is 10.1. The molecule has 1 unspecified atom stereocenters. The molecular weight excluding hydrogens is 240 g/mol. The number of amides is 1. The highest BCUT2D eigenvalue weighted by Crippen LogP contribution is 2.11. The van der Waals surface area contributed by atoms with Gasteiger partial charge in [0.15, 0.2) is 5.82 Å². The van der Waals surface area contributed by atoms with E-state index in [4.69, 9.17) is 0 Å². The van der Waals surface area contributed by atoms with Crippen molar-refractivity contribution in [1.29, 1.82) is 0 Å². The van der Waals surface area contributed by atoms with E-state index in [0.717, 1.165) is 13.0 Å². The number of hydrogen-bond acceptors (Lipinski definition) is 3. The second-order valence-corrected chi connectivity index (χ2v) is 4.25. The van der Waals surface area contributed by atoms with E-state index in [2.05, 4.69) is 15.7 Å². The van der Waals surface area contributed by atoms with E-state index in [9.17, 15) is 4.79 Å². The molecular formula is C11H19ClN4O. The second-order valence-electron chi connectivity index (χ2n) is 4.25. The highest BCUT2D eigenvalue weighted by atomic mass is 35.5. The summed E-state index contributed by atoms with van der Waals surface area (Å²) < 4.78 is 1.67. The monoisotopic (exact) mass is 258 g/mol. The van der Waals surface area contributed by atoms with Gasteiger partial charge >= 0.3 is 0 Å². The number of halogens is 1. The van der Waals surface area contributed by atoms with Crippen LogP contribution in [-0.4, -0.2) is 28.3 Å². The lowest BCUT2D eigenvalue weighted by molar-refractivity contribution is -0.116. The van der Waals surface area contributed by atoms with Gasteiger partial charge in [-0.25, -0.2) is 0 Å². The van der Waals surface area contributed by atoms with Gasteiger partial charge in [-0.15, -0.1) is 12.4 Å². The molecule has 1 amide bonds. The SMILES string of the molecule is Cl.Cn1ccc(NC(=O)CCC2CCCN2)n1. The summed E-state index contributed by atoms with van der Waals surface area (Å²) in [6.45, 7) is 1.09. The third-order valence-corrected chi connectivity index (χ3v) is 2.86. The summed E-state index contributed by atoms with van der Waals surface area (Å²) in [7, 11) is 1.83. The molecule has 0 spiro atoms. The van der Waals surface area contributed by atoms with Crippen molar-refractivity contribution in [2.45, 2.75) is 31.7 Å². The molecule has 17 heavy (non-hydrogen) atoms. The Morgan fingerprint density at radius 3 is 3.12 bits per heavy atom. The van der Waals surface area contributed by atoms with E-state index in [0.29, 0.717) is 18.3 Å². The molecule has 1 aromatic heterocycles. The number of aromatic nitrogens is 2. The van der Waals surface area contributed by atoms with Gasteiger partial charge in [0.1, 0.15) is 0 Å². The van der Waals surface area contributed by atoms with E-state index < -0.39 is 0 Å². The Morgan fingerprint density at radius 1 is 1.71 bits per heavy atom. The van der Waals surface area contributed by atoms with Crippen LogP contribution in [0.15, 0.2) is 12.3 Å². The third kappa shape index (κ3) is 4.36. The molecule has 5 nitrogen and oxygen atoms in total. The Kier molecular flexibility index (Phi) is 5.44. The van der Waals surface area contributed by atoms with E-state index in [-0.39, 0.29) is 18.3 Å². The number of carbonyl (C=O) groups is 1. The maximum atomic E-state index is 11.6. The van der Waals surface area contributed by atoms with Gasteiger partial charge in [0.25, 0.3) is 0 Å². The lowest BCUT2D eigenvalue weighted by Gasteiger charge is -2.08. The standard InChI is InChI=1S/C11H18N4O.ClH/c1-15-8-6-10(14-15)13-11(16)5-4-9-3-2-7-12-9;/h6,8-9,12H,2-5,7H2,1H3,(H,13,14,16);1H. The largest absolute Gasteiger partial charge is 0.314 e. The number of nitrogens with one attached hydrogen (secondary N) is 2. The van der Waals surface area contributed by atoms with Crippen molar-refractivity contribution in [3.63, 3.8) is 0 Å². The topological polar surface area (TPSA) is 59.0 Å². The first-order chi connectivity index (χ1) is 7.74. The molecule has 2 N–H and O–H groups in total. The maximum absolute atomic E-state index is 11.6. The summed E-state index contributed by atoms with van der Waals surface area (Å²) in [5.41, 5.74) is 0. The smallest absolute Gasteiger partial charge is 0.225 e. The zero-order valence-electron chi connectivity index (χ0n) is 9.98. The zero-order valence-corrected chi connectivity index (χ0v) is 10.8. The van der Waals surface area contributed by atoms with Crippen molar-refractivity contribution in [2.75, 3.05) is 11.9 Å². The first-order valence-corrected chi connectivity index (χ1v) is 5.77. The fourth-order valence-electron chi connectivity index (χ4n) is 2.00. The highest BCUT2D eigenvalue weighted by molar-refractivity contribution is 5.89. The molecule has 96 valence electrons. The molecule has 1 aromatic rings. The number of carbonyl (C=O) groups excluding carboxylic acids is 1. The Bertz CT molecular complexity index is 360. The molecule has 2 heterocycles. The van der Waals surface area contributed by atoms with Crippen molar-refractivity contribution >= 4 is 24.1 Å². The van der Waals surface area contributed by atoms with Crippen LogP contribution in [-0.2, 0) is 11.8 Å². The molecule has 0 aliphatic carbocycles. The van der Waals surface area contributed by atoms with Gasteiger partial charge < -0.3 is 10.6 Å². The minimum Gasteiger partial charge on any atom is -0.314 e. The molecule has 0 saturated carbocycles. The van der Waals surface area contributed by atoms with Crippen molar-refractivity contribution in [2.24, 2.45) is 7.05 Å². The number of anilines is 1. The third-order valence-electron chi connectivity index (χ3n) is 2.86. The van der Waals surface area contributed by atoms with Crippen LogP contribution in [0.3, 0.4) is 0 Å². The summed E-state index contributed by atoms with van der Waals surface area (Å²) in [6.07, 6.45) is 5.71. The minimum atomic E-state index is 0. The lowest BCUT2D eigenvalue weighted by Crippen LogP contribution is -2.23. The summed E-state index contributed by atoms with van der Waals surface area (Å²) in [5.74, 6) is 0.680. The van der Waals surface area contributed by atoms with Gasteiger partial charge in [0.2, 0.25) is 5.91 Å². The van der Waals surface area contributed by atoms with Crippen LogP contribution < -0.4 is 10.6 Å². The molecule has 1 atom stereocenters. The van der Waals surface area contributed by atoms with Gasteiger partial charge in [-0.1, -0.05) is 0 Å². The van der Waals surface area contributed by atoms with Crippen LogP contribution in [0.25, 0.3) is 0 Å². The zero-order chi connectivity index (χ0) is 11.4. The molecule has 1 aliphatic rings. The predicted molar refractivity (Wildman–Crippen MR) is 69.3 cm³/mol. The van der Waals surface area contributed by atoms with Gasteiger partial charge in [-0.05, 0) is 25.8 Å². The quantitative estimate of drug-likeness (QED) is 0.856. The Balaban J connectivity index is 0.00000144. The van der Waals surface area contributed by atoms with E-state index in [1.807, 2.05) is 13.2 Å². The maximum Gasteiger partial charge on any atom is 0.225 e. The van der Waals surface area contributed by atoms with E-state index in [1.165, 1.54) is 12.8 Å². The average Bonchev–Trinajstić information content (AvgIpc) is 2.87. The van der Waals surface area contributed by atoms with Gasteiger partial charge in [0, 0.05) is 31.8 Å². The van der Waals surface area contributed by atoms with E-state index in [1.54, 1.807) is 10.7 Å².